The Balaban J connectivity index is 1.61. The molecular weight excluding hydrogens is 280 g/mol. The van der Waals surface area contributed by atoms with Gasteiger partial charge in [0.25, 0.3) is 0 Å². The molecule has 0 aliphatic rings. The molecule has 0 aliphatic heterocycles. The molecule has 0 saturated heterocycles. The number of rotatable bonds is 6. The van der Waals surface area contributed by atoms with Crippen molar-refractivity contribution in [1.82, 2.24) is 5.32 Å². The standard InChI is InChI=1S/C17H18N2O3/c20-16(19-15-9-5-2-6-10-15)11-12-18-17(21)22-13-14-7-3-1-4-8-14/h1-10H,11-13H2,(H,18,21)(H,19,20). The number of carbonyl (C=O) groups is 2. The van der Waals surface area contributed by atoms with Gasteiger partial charge in [0, 0.05) is 18.7 Å². The normalized spacial score (nSPS) is 9.82. The van der Waals surface area contributed by atoms with Gasteiger partial charge in [-0.2, -0.15) is 0 Å². The first kappa shape index (κ1) is 15.6. The summed E-state index contributed by atoms with van der Waals surface area (Å²) in [4.78, 5) is 23.2. The van der Waals surface area contributed by atoms with E-state index in [0.717, 1.165) is 11.3 Å². The summed E-state index contributed by atoms with van der Waals surface area (Å²) in [5.41, 5.74) is 1.65. The van der Waals surface area contributed by atoms with Gasteiger partial charge in [-0.1, -0.05) is 48.5 Å². The van der Waals surface area contributed by atoms with Crippen LogP contribution in [-0.2, 0) is 16.1 Å². The molecule has 0 aromatic heterocycles. The van der Waals surface area contributed by atoms with Crippen molar-refractivity contribution in [1.29, 1.82) is 0 Å². The maximum atomic E-state index is 11.7. The van der Waals surface area contributed by atoms with Gasteiger partial charge in [0.1, 0.15) is 6.61 Å². The van der Waals surface area contributed by atoms with Crippen molar-refractivity contribution in [2.45, 2.75) is 13.0 Å². The summed E-state index contributed by atoms with van der Waals surface area (Å²) in [7, 11) is 0. The minimum absolute atomic E-state index is 0.158. The van der Waals surface area contributed by atoms with Crippen LogP contribution in [0.2, 0.25) is 0 Å². The van der Waals surface area contributed by atoms with Gasteiger partial charge in [-0.3, -0.25) is 4.79 Å². The van der Waals surface area contributed by atoms with Crippen LogP contribution in [0.4, 0.5) is 10.5 Å². The van der Waals surface area contributed by atoms with Gasteiger partial charge in [0.05, 0.1) is 0 Å². The quantitative estimate of drug-likeness (QED) is 0.861. The second kappa shape index (κ2) is 8.46. The smallest absolute Gasteiger partial charge is 0.407 e. The topological polar surface area (TPSA) is 67.4 Å². The first-order chi connectivity index (χ1) is 10.7. The van der Waals surface area contributed by atoms with E-state index < -0.39 is 6.09 Å². The Morgan fingerprint density at radius 2 is 1.55 bits per heavy atom. The third-order valence-electron chi connectivity index (χ3n) is 2.89. The Morgan fingerprint density at radius 3 is 2.23 bits per heavy atom. The largest absolute Gasteiger partial charge is 0.445 e. The second-order valence-corrected chi connectivity index (χ2v) is 4.65. The van der Waals surface area contributed by atoms with Gasteiger partial charge in [-0.15, -0.1) is 0 Å². The third kappa shape index (κ3) is 5.66. The summed E-state index contributed by atoms with van der Waals surface area (Å²) in [5.74, 6) is -0.158. The molecule has 22 heavy (non-hydrogen) atoms. The van der Waals surface area contributed by atoms with Crippen LogP contribution < -0.4 is 10.6 Å². The van der Waals surface area contributed by atoms with Crippen molar-refractivity contribution in [2.24, 2.45) is 0 Å². The van der Waals surface area contributed by atoms with E-state index in [-0.39, 0.29) is 25.5 Å². The van der Waals surface area contributed by atoms with Crippen molar-refractivity contribution in [3.05, 3.63) is 66.2 Å². The SMILES string of the molecule is O=C(CCNC(=O)OCc1ccccc1)Nc1ccccc1. The lowest BCUT2D eigenvalue weighted by molar-refractivity contribution is -0.116. The van der Waals surface area contributed by atoms with Crippen LogP contribution in [0.25, 0.3) is 0 Å². The Bertz CT molecular complexity index is 600. The highest BCUT2D eigenvalue weighted by atomic mass is 16.5. The zero-order chi connectivity index (χ0) is 15.6. The average Bonchev–Trinajstić information content (AvgIpc) is 2.55. The van der Waals surface area contributed by atoms with Gasteiger partial charge < -0.3 is 15.4 Å². The maximum Gasteiger partial charge on any atom is 0.407 e. The molecule has 0 atom stereocenters. The summed E-state index contributed by atoms with van der Waals surface area (Å²) in [6, 6.07) is 18.6. The molecule has 2 N–H and O–H groups in total. The number of amides is 2. The fourth-order valence-corrected chi connectivity index (χ4v) is 1.80. The number of anilines is 1. The zero-order valence-corrected chi connectivity index (χ0v) is 12.1. The highest BCUT2D eigenvalue weighted by molar-refractivity contribution is 5.90. The van der Waals surface area contributed by atoms with E-state index in [2.05, 4.69) is 10.6 Å². The molecule has 0 saturated carbocycles. The van der Waals surface area contributed by atoms with Gasteiger partial charge in [-0.05, 0) is 17.7 Å². The minimum Gasteiger partial charge on any atom is -0.445 e. The Hall–Kier alpha value is -2.82. The summed E-state index contributed by atoms with van der Waals surface area (Å²) >= 11 is 0. The van der Waals surface area contributed by atoms with E-state index in [1.807, 2.05) is 48.5 Å². The van der Waals surface area contributed by atoms with Crippen LogP contribution in [0.1, 0.15) is 12.0 Å². The highest BCUT2D eigenvalue weighted by Crippen LogP contribution is 2.05. The molecule has 0 heterocycles. The number of hydrogen-bond donors (Lipinski definition) is 2. The number of alkyl carbamates (subject to hydrolysis) is 1. The number of hydrogen-bond acceptors (Lipinski definition) is 3. The molecule has 0 radical (unpaired) electrons. The molecule has 5 nitrogen and oxygen atoms in total. The molecule has 0 spiro atoms. The van der Waals surface area contributed by atoms with Crippen molar-refractivity contribution in [2.75, 3.05) is 11.9 Å². The van der Waals surface area contributed by atoms with E-state index in [1.165, 1.54) is 0 Å². The predicted molar refractivity (Wildman–Crippen MR) is 84.3 cm³/mol. The number of carbonyl (C=O) groups excluding carboxylic acids is 2. The molecular formula is C17H18N2O3. The van der Waals surface area contributed by atoms with Crippen LogP contribution in [0, 0.1) is 0 Å². The first-order valence-corrected chi connectivity index (χ1v) is 7.03. The summed E-state index contributed by atoms with van der Waals surface area (Å²) < 4.78 is 5.05. The van der Waals surface area contributed by atoms with Crippen LogP contribution in [0.3, 0.4) is 0 Å². The van der Waals surface area contributed by atoms with Gasteiger partial charge in [0.15, 0.2) is 0 Å². The van der Waals surface area contributed by atoms with Crippen molar-refractivity contribution in [3.8, 4) is 0 Å². The average molecular weight is 298 g/mol. The fraction of sp³-hybridized carbons (Fsp3) is 0.176. The molecule has 2 aromatic rings. The molecule has 2 aromatic carbocycles. The summed E-state index contributed by atoms with van der Waals surface area (Å²) in [6.45, 7) is 0.440. The molecule has 0 aliphatic carbocycles. The number of benzene rings is 2. The molecule has 2 amide bonds. The molecule has 2 rings (SSSR count). The highest BCUT2D eigenvalue weighted by Gasteiger charge is 2.05. The van der Waals surface area contributed by atoms with E-state index >= 15 is 0 Å². The van der Waals surface area contributed by atoms with E-state index in [1.54, 1.807) is 12.1 Å². The van der Waals surface area contributed by atoms with Crippen molar-refractivity contribution < 1.29 is 14.3 Å². The summed E-state index contributed by atoms with van der Waals surface area (Å²) in [5, 5.41) is 5.29. The monoisotopic (exact) mass is 298 g/mol. The fourth-order valence-electron chi connectivity index (χ4n) is 1.80. The maximum absolute atomic E-state index is 11.7. The molecule has 5 heteroatoms. The van der Waals surface area contributed by atoms with Gasteiger partial charge in [0.2, 0.25) is 5.91 Å². The van der Waals surface area contributed by atoms with Gasteiger partial charge in [-0.25, -0.2) is 4.79 Å². The lowest BCUT2D eigenvalue weighted by Gasteiger charge is -2.07. The lowest BCUT2D eigenvalue weighted by Crippen LogP contribution is -2.28. The third-order valence-corrected chi connectivity index (χ3v) is 2.89. The van der Waals surface area contributed by atoms with E-state index in [4.69, 9.17) is 4.74 Å². The predicted octanol–water partition coefficient (Wildman–Crippen LogP) is 2.94. The second-order valence-electron chi connectivity index (χ2n) is 4.65. The number of nitrogens with one attached hydrogen (secondary N) is 2. The molecule has 0 unspecified atom stereocenters. The zero-order valence-electron chi connectivity index (χ0n) is 12.1. The van der Waals surface area contributed by atoms with Crippen LogP contribution in [0.15, 0.2) is 60.7 Å². The van der Waals surface area contributed by atoms with Crippen molar-refractivity contribution >= 4 is 17.7 Å². The minimum atomic E-state index is -0.531. The lowest BCUT2D eigenvalue weighted by atomic mass is 10.2. The van der Waals surface area contributed by atoms with Crippen LogP contribution in [-0.4, -0.2) is 18.5 Å². The number of ether oxygens (including phenoxy) is 1. The number of para-hydroxylation sites is 1. The molecule has 0 bridgehead atoms. The van der Waals surface area contributed by atoms with Gasteiger partial charge >= 0.3 is 6.09 Å². The Morgan fingerprint density at radius 1 is 0.909 bits per heavy atom. The van der Waals surface area contributed by atoms with Crippen LogP contribution >= 0.6 is 0 Å². The summed E-state index contributed by atoms with van der Waals surface area (Å²) in [6.07, 6.45) is -0.341. The molecule has 0 fully saturated rings. The Kier molecular flexibility index (Phi) is 5.99. The van der Waals surface area contributed by atoms with E-state index in [9.17, 15) is 9.59 Å². The van der Waals surface area contributed by atoms with Crippen molar-refractivity contribution in [3.63, 3.8) is 0 Å². The molecule has 114 valence electrons. The van der Waals surface area contributed by atoms with Crippen LogP contribution in [0.5, 0.6) is 0 Å². The Labute approximate surface area is 129 Å². The first-order valence-electron chi connectivity index (χ1n) is 7.03. The van der Waals surface area contributed by atoms with E-state index in [0.29, 0.717) is 0 Å².